The van der Waals surface area contributed by atoms with Gasteiger partial charge >= 0.3 is 5.97 Å². The number of hydrogen-bond acceptors (Lipinski definition) is 8. The predicted octanol–water partition coefficient (Wildman–Crippen LogP) is 5.28. The van der Waals surface area contributed by atoms with Gasteiger partial charge < -0.3 is 19.5 Å². The molecule has 2 aliphatic heterocycles. The Labute approximate surface area is 239 Å². The molecule has 0 aromatic heterocycles. The molecule has 1 N–H and O–H groups in total. The topological polar surface area (TPSA) is 107 Å². The van der Waals surface area contributed by atoms with Crippen molar-refractivity contribution in [2.45, 2.75) is 19.9 Å². The molecule has 4 rings (SSSR count). The Kier molecular flexibility index (Phi) is 9.64. The third-order valence-corrected chi connectivity index (χ3v) is 6.88. The number of nitrogens with one attached hydrogen (secondary N) is 1. The molecule has 38 heavy (non-hydrogen) atoms. The summed E-state index contributed by atoms with van der Waals surface area (Å²) >= 11 is 6.94. The largest absolute Gasteiger partial charge is 0.493 e. The van der Waals surface area contributed by atoms with Crippen molar-refractivity contribution in [3.63, 3.8) is 0 Å². The molecule has 0 spiro atoms. The molecule has 0 bridgehead atoms. The van der Waals surface area contributed by atoms with Crippen LogP contribution in [0.2, 0.25) is 5.02 Å². The number of allylic oxidation sites excluding steroid dienone is 1. The van der Waals surface area contributed by atoms with Gasteiger partial charge in [-0.2, -0.15) is 0 Å². The molecular weight excluding hydrogens is 598 g/mol. The van der Waals surface area contributed by atoms with Gasteiger partial charge in [-0.05, 0) is 55.9 Å². The van der Waals surface area contributed by atoms with E-state index in [9.17, 15) is 14.4 Å². The van der Waals surface area contributed by atoms with Crippen molar-refractivity contribution < 1.29 is 28.6 Å². The quantitative estimate of drug-likeness (QED) is 0.419. The Hall–Kier alpha value is -3.28. The highest BCUT2D eigenvalue weighted by Crippen LogP contribution is 2.46. The monoisotopic (exact) mass is 621 g/mol. The van der Waals surface area contributed by atoms with Gasteiger partial charge in [0.1, 0.15) is 6.04 Å². The number of fused-ring (bicyclic) bond motifs is 1. The average Bonchev–Trinajstić information content (AvgIpc) is 2.88. The lowest BCUT2D eigenvalue weighted by Gasteiger charge is -2.38. The molecule has 9 nitrogen and oxygen atoms in total. The summed E-state index contributed by atoms with van der Waals surface area (Å²) in [4.78, 5) is 45.6. The maximum atomic E-state index is 13.5. The van der Waals surface area contributed by atoms with Crippen molar-refractivity contribution >= 4 is 69.0 Å². The lowest BCUT2D eigenvalue weighted by molar-refractivity contribution is -0.139. The van der Waals surface area contributed by atoms with E-state index in [4.69, 9.17) is 25.8 Å². The molecule has 1 atom stereocenters. The number of ether oxygens (including phenoxy) is 3. The number of nitrogens with zero attached hydrogens (tertiary/aromatic N) is 2. The number of carbonyl (C=O) groups excluding carboxylic acids is 3. The second-order valence-electron chi connectivity index (χ2n) is 7.88. The lowest BCUT2D eigenvalue weighted by atomic mass is 9.93. The molecule has 1 unspecified atom stereocenters. The first-order valence-corrected chi connectivity index (χ1v) is 12.5. The van der Waals surface area contributed by atoms with Gasteiger partial charge in [-0.3, -0.25) is 14.5 Å². The molecule has 12 heteroatoms. The van der Waals surface area contributed by atoms with Crippen LogP contribution in [0.4, 0.5) is 5.69 Å². The summed E-state index contributed by atoms with van der Waals surface area (Å²) in [5.41, 5.74) is 1.58. The number of benzene rings is 2. The van der Waals surface area contributed by atoms with E-state index < -0.39 is 23.8 Å². The van der Waals surface area contributed by atoms with Crippen molar-refractivity contribution in [1.29, 1.82) is 0 Å². The fourth-order valence-corrected chi connectivity index (χ4v) is 5.13. The van der Waals surface area contributed by atoms with Crippen LogP contribution in [-0.4, -0.2) is 48.7 Å². The third kappa shape index (κ3) is 5.74. The maximum Gasteiger partial charge on any atom is 0.338 e. The first kappa shape index (κ1) is 29.3. The molecule has 2 amide bonds. The van der Waals surface area contributed by atoms with E-state index in [1.807, 2.05) is 0 Å². The number of esters is 1. The van der Waals surface area contributed by atoms with Crippen LogP contribution >= 0.6 is 40.3 Å². The number of thioether (sulfide) groups is 1. The summed E-state index contributed by atoms with van der Waals surface area (Å²) in [6.07, 6.45) is 1.22. The maximum absolute atomic E-state index is 13.5. The van der Waals surface area contributed by atoms with Crippen molar-refractivity contribution in [3.05, 3.63) is 75.3 Å². The minimum Gasteiger partial charge on any atom is -0.493 e. The summed E-state index contributed by atoms with van der Waals surface area (Å²) in [7, 11) is 2.98. The standard InChI is InChI=1S/C26H24ClN3O6S.BrH/c1-5-36-25(33)21-14(2)28-26-30(22(21)17-7-6-8-18(34-3)23(17)35-4)20(31)13-19(37-26)24(32)29-16-11-9-15(27)10-12-16;/h6-13,22H,5H2,1-4H3,(H,29,32);1H. The van der Waals surface area contributed by atoms with Gasteiger partial charge in [-0.25, -0.2) is 9.79 Å². The highest BCUT2D eigenvalue weighted by Gasteiger charge is 2.44. The number of anilines is 1. The second kappa shape index (κ2) is 12.5. The van der Waals surface area contributed by atoms with E-state index in [-0.39, 0.29) is 39.2 Å². The summed E-state index contributed by atoms with van der Waals surface area (Å²) in [5.74, 6) is -0.815. The number of amidine groups is 1. The van der Waals surface area contributed by atoms with Gasteiger partial charge in [0.25, 0.3) is 11.8 Å². The van der Waals surface area contributed by atoms with E-state index in [1.54, 1.807) is 56.3 Å². The fourth-order valence-electron chi connectivity index (χ4n) is 4.03. The van der Waals surface area contributed by atoms with Crippen LogP contribution in [-0.2, 0) is 19.1 Å². The Bertz CT molecular complexity index is 1360. The molecule has 200 valence electrons. The zero-order valence-corrected chi connectivity index (χ0v) is 24.2. The van der Waals surface area contributed by atoms with E-state index in [0.29, 0.717) is 33.5 Å². The van der Waals surface area contributed by atoms with E-state index in [0.717, 1.165) is 11.8 Å². The number of rotatable bonds is 7. The zero-order chi connectivity index (χ0) is 26.7. The van der Waals surface area contributed by atoms with Crippen molar-refractivity contribution in [3.8, 4) is 11.5 Å². The molecule has 0 fully saturated rings. The molecule has 2 aromatic rings. The molecule has 0 saturated carbocycles. The number of amides is 2. The minimum absolute atomic E-state index is 0. The Morgan fingerprint density at radius 1 is 1.13 bits per heavy atom. The summed E-state index contributed by atoms with van der Waals surface area (Å²) in [6.45, 7) is 3.50. The molecule has 2 heterocycles. The Morgan fingerprint density at radius 3 is 2.47 bits per heavy atom. The number of aliphatic imine (C=N–C) groups is 1. The van der Waals surface area contributed by atoms with E-state index >= 15 is 0 Å². The Balaban J connectivity index is 0.00000400. The van der Waals surface area contributed by atoms with Crippen LogP contribution in [0, 0.1) is 0 Å². The van der Waals surface area contributed by atoms with Crippen LogP contribution in [0.15, 0.2) is 69.7 Å². The number of hydrogen-bond donors (Lipinski definition) is 1. The first-order chi connectivity index (χ1) is 17.8. The molecule has 0 saturated heterocycles. The summed E-state index contributed by atoms with van der Waals surface area (Å²) in [5, 5.41) is 3.53. The summed E-state index contributed by atoms with van der Waals surface area (Å²) < 4.78 is 16.4. The fraction of sp³-hybridized carbons (Fsp3) is 0.231. The number of halogens is 2. The molecule has 2 aliphatic rings. The van der Waals surface area contributed by atoms with Gasteiger partial charge in [0.2, 0.25) is 0 Å². The van der Waals surface area contributed by atoms with E-state index in [1.165, 1.54) is 25.2 Å². The van der Waals surface area contributed by atoms with Crippen LogP contribution in [0.5, 0.6) is 11.5 Å². The second-order valence-corrected chi connectivity index (χ2v) is 9.32. The number of carbonyl (C=O) groups is 3. The van der Waals surface area contributed by atoms with Crippen molar-refractivity contribution in [2.24, 2.45) is 4.99 Å². The Morgan fingerprint density at radius 2 is 1.84 bits per heavy atom. The van der Waals surface area contributed by atoms with E-state index in [2.05, 4.69) is 10.3 Å². The normalized spacial score (nSPS) is 16.5. The predicted molar refractivity (Wildman–Crippen MR) is 152 cm³/mol. The highest BCUT2D eigenvalue weighted by molar-refractivity contribution is 8.93. The third-order valence-electron chi connectivity index (χ3n) is 5.63. The van der Waals surface area contributed by atoms with Gasteiger partial charge in [0.15, 0.2) is 16.7 Å². The van der Waals surface area contributed by atoms with Crippen LogP contribution in [0.25, 0.3) is 0 Å². The molecule has 2 aromatic carbocycles. The van der Waals surface area contributed by atoms with Crippen molar-refractivity contribution in [1.82, 2.24) is 4.90 Å². The SMILES string of the molecule is Br.CCOC(=O)C1=C(C)N=C2SC(C(=O)Nc3ccc(Cl)cc3)=CC(=O)N2C1c1cccc(OC)c1OC. The van der Waals surface area contributed by atoms with Gasteiger partial charge in [0.05, 0.1) is 37.0 Å². The average molecular weight is 623 g/mol. The molecule has 0 radical (unpaired) electrons. The molecule has 0 aliphatic carbocycles. The molecular formula is C26H25BrClN3O6S. The highest BCUT2D eigenvalue weighted by atomic mass is 79.9. The summed E-state index contributed by atoms with van der Waals surface area (Å²) in [6, 6.07) is 10.9. The number of para-hydroxylation sites is 1. The number of methoxy groups -OCH3 is 2. The minimum atomic E-state index is -0.922. The van der Waals surface area contributed by atoms with Gasteiger partial charge in [0, 0.05) is 22.3 Å². The zero-order valence-electron chi connectivity index (χ0n) is 20.9. The van der Waals surface area contributed by atoms with Crippen LogP contribution < -0.4 is 14.8 Å². The van der Waals surface area contributed by atoms with Crippen LogP contribution in [0.1, 0.15) is 25.5 Å². The van der Waals surface area contributed by atoms with Gasteiger partial charge in [-0.1, -0.05) is 23.7 Å². The lowest BCUT2D eigenvalue weighted by Crippen LogP contribution is -2.45. The van der Waals surface area contributed by atoms with Crippen LogP contribution in [0.3, 0.4) is 0 Å². The smallest absolute Gasteiger partial charge is 0.338 e. The van der Waals surface area contributed by atoms with Crippen molar-refractivity contribution in [2.75, 3.05) is 26.1 Å². The van der Waals surface area contributed by atoms with Gasteiger partial charge in [-0.15, -0.1) is 17.0 Å². The first-order valence-electron chi connectivity index (χ1n) is 11.3.